The molecule has 0 spiro atoms. The van der Waals surface area contributed by atoms with Gasteiger partial charge in [0.15, 0.2) is 5.78 Å². The maximum Gasteiger partial charge on any atom is 0.416 e. The van der Waals surface area contributed by atoms with Crippen molar-refractivity contribution in [2.24, 2.45) is 0 Å². The fraction of sp³-hybridized carbons (Fsp3) is 0.351. The molecule has 81 heavy (non-hydrogen) atoms. The molecule has 21 nitrogen and oxygen atoms in total. The molecule has 1 fully saturated rings. The van der Waals surface area contributed by atoms with Gasteiger partial charge in [0, 0.05) is 79.7 Å². The summed E-state index contributed by atoms with van der Waals surface area (Å²) in [5.41, 5.74) is 1.52. The second-order valence-electron chi connectivity index (χ2n) is 19.4. The Morgan fingerprint density at radius 1 is 0.802 bits per heavy atom. The van der Waals surface area contributed by atoms with Crippen LogP contribution < -0.4 is 20.4 Å². The van der Waals surface area contributed by atoms with Crippen LogP contribution in [0.4, 0.5) is 30.8 Å². The Morgan fingerprint density at radius 3 is 2.16 bits per heavy atom. The van der Waals surface area contributed by atoms with E-state index in [1.165, 1.54) is 6.07 Å². The second kappa shape index (κ2) is 26.0. The molecule has 0 bridgehead atoms. The number of amides is 3. The van der Waals surface area contributed by atoms with E-state index in [0.717, 1.165) is 6.07 Å². The van der Waals surface area contributed by atoms with Crippen LogP contribution in [0.2, 0.25) is 0 Å². The Labute approximate surface area is 464 Å². The number of ketones is 1. The lowest BCUT2D eigenvalue weighted by Crippen LogP contribution is -2.55. The van der Waals surface area contributed by atoms with Crippen molar-refractivity contribution in [2.75, 3.05) is 94.2 Å². The highest BCUT2D eigenvalue weighted by atomic mass is 19.4. The van der Waals surface area contributed by atoms with Crippen LogP contribution in [-0.4, -0.2) is 155 Å². The first-order valence-corrected chi connectivity index (χ1v) is 25.8. The predicted octanol–water partition coefficient (Wildman–Crippen LogP) is 6.66. The van der Waals surface area contributed by atoms with Gasteiger partial charge >= 0.3 is 12.1 Å². The van der Waals surface area contributed by atoms with Gasteiger partial charge in [0.05, 0.1) is 79.7 Å². The molecule has 6 aromatic rings. The van der Waals surface area contributed by atoms with Gasteiger partial charge in [-0.15, -0.1) is 0 Å². The molecule has 6 heterocycles. The number of carbonyl (C=O) groups excluding carboxylic acids is 4. The maximum absolute atomic E-state index is 13.4. The number of hydrogen-bond donors (Lipinski definition) is 3. The molecule has 0 radical (unpaired) electrons. The summed E-state index contributed by atoms with van der Waals surface area (Å²) < 4.78 is 61.9. The summed E-state index contributed by atoms with van der Waals surface area (Å²) >= 11 is 0. The average Bonchev–Trinajstić information content (AvgIpc) is 3.75. The molecule has 4 aromatic heterocycles. The summed E-state index contributed by atoms with van der Waals surface area (Å²) in [5, 5.41) is 24.4. The van der Waals surface area contributed by atoms with Gasteiger partial charge in [-0.05, 0) is 99.5 Å². The number of carboxylic acid groups (broad SMARTS) is 1. The normalized spacial score (nSPS) is 14.8. The van der Waals surface area contributed by atoms with E-state index in [4.69, 9.17) is 23.9 Å². The highest BCUT2D eigenvalue weighted by Gasteiger charge is 2.45. The van der Waals surface area contributed by atoms with Crippen LogP contribution in [-0.2, 0) is 36.5 Å². The molecule has 422 valence electrons. The molecule has 1 saturated heterocycles. The molecule has 0 saturated carbocycles. The number of alkyl halides is 3. The van der Waals surface area contributed by atoms with Gasteiger partial charge in [0.2, 0.25) is 11.9 Å². The van der Waals surface area contributed by atoms with Crippen molar-refractivity contribution in [3.05, 3.63) is 142 Å². The number of fused-ring (bicyclic) bond motifs is 1. The van der Waals surface area contributed by atoms with E-state index in [9.17, 15) is 47.5 Å². The third-order valence-corrected chi connectivity index (χ3v) is 13.5. The van der Waals surface area contributed by atoms with Crippen molar-refractivity contribution < 1.29 is 61.2 Å². The Morgan fingerprint density at radius 2 is 1.49 bits per heavy atom. The lowest BCUT2D eigenvalue weighted by Gasteiger charge is -2.39. The molecule has 0 unspecified atom stereocenters. The number of nitrogens with one attached hydrogen (secondary N) is 2. The summed E-state index contributed by atoms with van der Waals surface area (Å²) in [6.45, 7) is 11.2. The number of anilines is 3. The summed E-state index contributed by atoms with van der Waals surface area (Å²) in [7, 11) is 0. The van der Waals surface area contributed by atoms with E-state index < -0.39 is 40.3 Å². The van der Waals surface area contributed by atoms with Gasteiger partial charge in [-0.25, -0.2) is 29.7 Å². The van der Waals surface area contributed by atoms with Crippen LogP contribution in [0.5, 0.6) is 0 Å². The number of halogens is 3. The molecular formula is C57H58F3N11O10. The highest BCUT2D eigenvalue weighted by molar-refractivity contribution is 6.13. The Balaban J connectivity index is 0.667. The van der Waals surface area contributed by atoms with Crippen molar-refractivity contribution in [3.63, 3.8) is 0 Å². The number of carbonyl (C=O) groups is 5. The molecule has 0 aliphatic carbocycles. The first-order valence-electron chi connectivity index (χ1n) is 25.8. The van der Waals surface area contributed by atoms with Crippen LogP contribution in [0.25, 0.3) is 22.4 Å². The van der Waals surface area contributed by atoms with Crippen molar-refractivity contribution >= 4 is 47.1 Å². The number of Topliss-reactive ketones (excluding diaryl/α,β-unsaturated/α-hetero) is 1. The lowest BCUT2D eigenvalue weighted by molar-refractivity contribution is -0.139. The molecule has 1 atom stereocenters. The number of ether oxygens (including phenoxy) is 4. The summed E-state index contributed by atoms with van der Waals surface area (Å²) in [5.74, 6) is -2.10. The van der Waals surface area contributed by atoms with E-state index >= 15 is 0 Å². The van der Waals surface area contributed by atoms with Crippen LogP contribution in [0.15, 0.2) is 97.5 Å². The predicted molar refractivity (Wildman–Crippen MR) is 289 cm³/mol. The van der Waals surface area contributed by atoms with Crippen molar-refractivity contribution in [1.29, 1.82) is 5.26 Å². The zero-order valence-corrected chi connectivity index (χ0v) is 44.8. The molecule has 8 rings (SSSR count). The topological polar surface area (TPSA) is 265 Å². The highest BCUT2D eigenvalue weighted by Crippen LogP contribution is 2.40. The van der Waals surface area contributed by atoms with Crippen molar-refractivity contribution in [2.45, 2.75) is 52.0 Å². The smallest absolute Gasteiger partial charge is 0.416 e. The summed E-state index contributed by atoms with van der Waals surface area (Å²) in [6, 6.07) is 20.8. The molecule has 3 N–H and O–H groups in total. The third kappa shape index (κ3) is 14.4. The zero-order chi connectivity index (χ0) is 57.8. The quantitative estimate of drug-likeness (QED) is 0.0566. The molecule has 24 heteroatoms. The van der Waals surface area contributed by atoms with Gasteiger partial charge in [-0.1, -0.05) is 18.2 Å². The van der Waals surface area contributed by atoms with Gasteiger partial charge in [0.25, 0.3) is 11.8 Å². The number of carboxylic acids is 1. The largest absolute Gasteiger partial charge is 0.478 e. The number of aromatic nitrogens is 5. The molecular weight excluding hydrogens is 1060 g/mol. The van der Waals surface area contributed by atoms with Gasteiger partial charge in [-0.2, -0.15) is 18.4 Å². The first-order chi connectivity index (χ1) is 38.8. The van der Waals surface area contributed by atoms with Crippen LogP contribution in [0.1, 0.15) is 84.7 Å². The number of pyridine rings is 3. The number of nitrogens with zero attached hydrogens (tertiary/aromatic N) is 9. The monoisotopic (exact) mass is 1110 g/mol. The van der Waals surface area contributed by atoms with E-state index in [-0.39, 0.29) is 69.0 Å². The average molecular weight is 1110 g/mol. The van der Waals surface area contributed by atoms with Crippen LogP contribution in [0.3, 0.4) is 0 Å². The summed E-state index contributed by atoms with van der Waals surface area (Å²) in [4.78, 5) is 92.3. The number of benzene rings is 2. The van der Waals surface area contributed by atoms with E-state index in [1.54, 1.807) is 78.9 Å². The van der Waals surface area contributed by atoms with Crippen LogP contribution in [0, 0.1) is 18.3 Å². The zero-order valence-electron chi connectivity index (χ0n) is 44.8. The fourth-order valence-electron chi connectivity index (χ4n) is 9.18. The second-order valence-corrected chi connectivity index (χ2v) is 19.4. The minimum Gasteiger partial charge on any atom is -0.478 e. The summed E-state index contributed by atoms with van der Waals surface area (Å²) in [6.07, 6.45) is 0.159. The number of aryl methyl sites for hydroxylation is 1. The lowest BCUT2D eigenvalue weighted by atomic mass is 9.97. The third-order valence-electron chi connectivity index (χ3n) is 13.5. The maximum atomic E-state index is 13.4. The SMILES string of the molecule is Cc1cc(-c2ccc(C(=O)NCCOCCOCCOCCOCC(=O)N3CCN(c4ncc(-c5ccc6c(n5)N(Cc5cccnc5C#N)C(C)(C)C6=O)cn4)C[C@H]3C)cc2)cc(NC(=O)c2ccc(C(F)(F)F)cc2C(=O)O)n1. The van der Waals surface area contributed by atoms with Gasteiger partial charge in [0.1, 0.15) is 30.0 Å². The molecule has 2 aliphatic rings. The number of rotatable bonds is 23. The van der Waals surface area contributed by atoms with Gasteiger partial charge in [-0.3, -0.25) is 19.2 Å². The fourth-order valence-corrected chi connectivity index (χ4v) is 9.18. The standard InChI is InChI=1S/C57H58F3N11O10/c1-35-26-40(27-48(66-35)68-53(75)43-12-11-42(57(58,59)60)28-45(43)54(76)77)37-7-9-38(10-8-37)52(74)63-16-19-78-20-21-79-22-23-80-24-25-81-34-49(72)70-18-17-69(32-36(70)2)55-64-30-41(31-65-55)46-14-13-44-50(73)56(3,4)71(51(44)67-46)33-39-6-5-15-62-47(39)29-61/h5-15,26-28,30-31,36H,16-25,32-34H2,1-4H3,(H,63,74)(H,76,77)(H,66,68,75)/t36-/m1/s1. The van der Waals surface area contributed by atoms with E-state index in [0.29, 0.717) is 120 Å². The van der Waals surface area contributed by atoms with E-state index in [1.807, 2.05) is 36.6 Å². The molecule has 3 amide bonds. The Bertz CT molecular complexity index is 3320. The number of aromatic carboxylic acids is 1. The number of hydrogen-bond acceptors (Lipinski definition) is 17. The van der Waals surface area contributed by atoms with Crippen LogP contribution >= 0.6 is 0 Å². The minimum atomic E-state index is -4.80. The first kappa shape index (κ1) is 58.4. The molecule has 2 aromatic carbocycles. The number of nitriles is 1. The van der Waals surface area contributed by atoms with E-state index in [2.05, 4.69) is 36.6 Å². The Hall–Kier alpha value is -8.76. The van der Waals surface area contributed by atoms with Gasteiger partial charge < -0.3 is 49.4 Å². The minimum absolute atomic E-state index is 0.0406. The van der Waals surface area contributed by atoms with Crippen molar-refractivity contribution in [1.82, 2.24) is 35.1 Å². The number of piperazine rings is 1. The molecule has 2 aliphatic heterocycles. The van der Waals surface area contributed by atoms with Crippen molar-refractivity contribution in [3.8, 4) is 28.5 Å². The Kier molecular flexibility index (Phi) is 18.8.